The number of anilines is 1. The fourth-order valence-corrected chi connectivity index (χ4v) is 1.77. The molecule has 20 heavy (non-hydrogen) atoms. The van der Waals surface area contributed by atoms with Crippen LogP contribution in [0.3, 0.4) is 0 Å². The van der Waals surface area contributed by atoms with Crippen LogP contribution in [-0.4, -0.2) is 39.3 Å². The molecular formula is C15H21N3O2. The van der Waals surface area contributed by atoms with Crippen LogP contribution in [0.5, 0.6) is 0 Å². The Morgan fingerprint density at radius 3 is 2.95 bits per heavy atom. The maximum Gasteiger partial charge on any atom is 0.242 e. The van der Waals surface area contributed by atoms with Crippen LogP contribution in [-0.2, 0) is 9.53 Å². The van der Waals surface area contributed by atoms with E-state index < -0.39 is 0 Å². The number of nitriles is 1. The Balaban J connectivity index is 2.59. The van der Waals surface area contributed by atoms with E-state index in [1.54, 1.807) is 19.2 Å². The van der Waals surface area contributed by atoms with Crippen LogP contribution < -0.4 is 10.2 Å². The number of methoxy groups -OCH3 is 1. The van der Waals surface area contributed by atoms with Crippen molar-refractivity contribution in [3.05, 3.63) is 29.8 Å². The first-order valence-corrected chi connectivity index (χ1v) is 6.59. The number of amides is 1. The van der Waals surface area contributed by atoms with Gasteiger partial charge in [0.1, 0.15) is 6.04 Å². The van der Waals surface area contributed by atoms with Crippen molar-refractivity contribution in [1.29, 1.82) is 5.26 Å². The zero-order valence-corrected chi connectivity index (χ0v) is 12.2. The van der Waals surface area contributed by atoms with E-state index in [1.807, 2.05) is 31.0 Å². The molecule has 5 heteroatoms. The van der Waals surface area contributed by atoms with Gasteiger partial charge < -0.3 is 15.0 Å². The molecule has 0 aliphatic rings. The van der Waals surface area contributed by atoms with Gasteiger partial charge in [0.2, 0.25) is 5.91 Å². The molecule has 1 atom stereocenters. The topological polar surface area (TPSA) is 65.4 Å². The Labute approximate surface area is 120 Å². The second kappa shape index (κ2) is 8.18. The molecule has 1 rings (SSSR count). The molecule has 0 heterocycles. The summed E-state index contributed by atoms with van der Waals surface area (Å²) in [6.45, 7) is 3.07. The highest BCUT2D eigenvalue weighted by Gasteiger charge is 2.18. The molecule has 0 aliphatic heterocycles. The monoisotopic (exact) mass is 275 g/mol. The molecule has 5 nitrogen and oxygen atoms in total. The Kier molecular flexibility index (Phi) is 6.54. The highest BCUT2D eigenvalue weighted by molar-refractivity contribution is 5.84. The lowest BCUT2D eigenvalue weighted by molar-refractivity contribution is -0.122. The summed E-state index contributed by atoms with van der Waals surface area (Å²) in [5, 5.41) is 11.8. The lowest BCUT2D eigenvalue weighted by atomic mass is 10.1. The smallest absolute Gasteiger partial charge is 0.242 e. The molecule has 0 fully saturated rings. The molecular weight excluding hydrogens is 254 g/mol. The van der Waals surface area contributed by atoms with Crippen LogP contribution in [0.1, 0.15) is 18.9 Å². The van der Waals surface area contributed by atoms with Crippen molar-refractivity contribution in [2.45, 2.75) is 19.4 Å². The van der Waals surface area contributed by atoms with E-state index in [2.05, 4.69) is 11.4 Å². The number of carbonyl (C=O) groups excluding carboxylic acids is 1. The number of nitrogens with one attached hydrogen (secondary N) is 1. The number of hydrogen-bond donors (Lipinski definition) is 1. The maximum absolute atomic E-state index is 12.0. The zero-order valence-electron chi connectivity index (χ0n) is 12.2. The normalized spacial score (nSPS) is 11.5. The van der Waals surface area contributed by atoms with Gasteiger partial charge in [-0.25, -0.2) is 0 Å². The first-order valence-electron chi connectivity index (χ1n) is 6.59. The van der Waals surface area contributed by atoms with E-state index in [0.717, 1.165) is 12.1 Å². The average Bonchev–Trinajstić information content (AvgIpc) is 2.49. The number of carbonyl (C=O) groups is 1. The Morgan fingerprint density at radius 2 is 2.30 bits per heavy atom. The fraction of sp³-hybridized carbons (Fsp3) is 0.467. The van der Waals surface area contributed by atoms with Crippen LogP contribution in [0.4, 0.5) is 5.69 Å². The van der Waals surface area contributed by atoms with E-state index in [1.165, 1.54) is 0 Å². The zero-order chi connectivity index (χ0) is 15.0. The van der Waals surface area contributed by atoms with Crippen molar-refractivity contribution >= 4 is 11.6 Å². The van der Waals surface area contributed by atoms with Gasteiger partial charge >= 0.3 is 0 Å². The number of hydrogen-bond acceptors (Lipinski definition) is 4. The van der Waals surface area contributed by atoms with Crippen molar-refractivity contribution in [3.8, 4) is 6.07 Å². The molecule has 0 aromatic heterocycles. The largest absolute Gasteiger partial charge is 0.385 e. The molecule has 1 aromatic rings. The summed E-state index contributed by atoms with van der Waals surface area (Å²) in [6, 6.07) is 9.01. The van der Waals surface area contributed by atoms with Gasteiger partial charge in [-0.1, -0.05) is 6.07 Å². The van der Waals surface area contributed by atoms with Gasteiger partial charge in [-0.15, -0.1) is 0 Å². The van der Waals surface area contributed by atoms with Gasteiger partial charge in [0.15, 0.2) is 0 Å². The molecule has 1 N–H and O–H groups in total. The third-order valence-electron chi connectivity index (χ3n) is 3.17. The summed E-state index contributed by atoms with van der Waals surface area (Å²) in [5.41, 5.74) is 1.44. The van der Waals surface area contributed by atoms with Crippen molar-refractivity contribution in [2.24, 2.45) is 0 Å². The second-order valence-electron chi connectivity index (χ2n) is 4.59. The summed E-state index contributed by atoms with van der Waals surface area (Å²) >= 11 is 0. The third-order valence-corrected chi connectivity index (χ3v) is 3.17. The summed E-state index contributed by atoms with van der Waals surface area (Å²) in [7, 11) is 3.48. The van der Waals surface area contributed by atoms with Gasteiger partial charge in [0.05, 0.1) is 11.6 Å². The van der Waals surface area contributed by atoms with E-state index in [-0.39, 0.29) is 11.9 Å². The highest BCUT2D eigenvalue weighted by atomic mass is 16.5. The lowest BCUT2D eigenvalue weighted by Gasteiger charge is -2.26. The number of benzene rings is 1. The van der Waals surface area contributed by atoms with Gasteiger partial charge in [-0.3, -0.25) is 4.79 Å². The molecule has 1 aromatic carbocycles. The summed E-state index contributed by atoms with van der Waals surface area (Å²) in [4.78, 5) is 13.9. The highest BCUT2D eigenvalue weighted by Crippen LogP contribution is 2.16. The van der Waals surface area contributed by atoms with Gasteiger partial charge in [0, 0.05) is 33.0 Å². The predicted molar refractivity (Wildman–Crippen MR) is 78.5 cm³/mol. The third kappa shape index (κ3) is 4.56. The van der Waals surface area contributed by atoms with Crippen molar-refractivity contribution in [1.82, 2.24) is 5.32 Å². The summed E-state index contributed by atoms with van der Waals surface area (Å²) in [5.74, 6) is -0.0361. The average molecular weight is 275 g/mol. The molecule has 0 bridgehead atoms. The number of ether oxygens (including phenoxy) is 1. The van der Waals surface area contributed by atoms with Gasteiger partial charge in [-0.2, -0.15) is 5.26 Å². The Morgan fingerprint density at radius 1 is 1.55 bits per heavy atom. The van der Waals surface area contributed by atoms with E-state index >= 15 is 0 Å². The molecule has 0 saturated heterocycles. The molecule has 0 aliphatic carbocycles. The Hall–Kier alpha value is -2.06. The minimum absolute atomic E-state index is 0.0361. The predicted octanol–water partition coefficient (Wildman–Crippen LogP) is 1.54. The van der Waals surface area contributed by atoms with Crippen LogP contribution in [0.2, 0.25) is 0 Å². The Bertz CT molecular complexity index is 482. The standard InChI is InChI=1S/C15H21N3O2/c1-12(15(19)17-8-5-9-20-3)18(2)14-7-4-6-13(10-14)11-16/h4,6-7,10,12H,5,8-9H2,1-3H3,(H,17,19). The van der Waals surface area contributed by atoms with Crippen LogP contribution in [0.25, 0.3) is 0 Å². The minimum Gasteiger partial charge on any atom is -0.385 e. The number of likely N-dealkylation sites (N-methyl/N-ethyl adjacent to an activating group) is 1. The van der Waals surface area contributed by atoms with E-state index in [9.17, 15) is 4.79 Å². The van der Waals surface area contributed by atoms with E-state index in [0.29, 0.717) is 18.7 Å². The minimum atomic E-state index is -0.300. The van der Waals surface area contributed by atoms with Crippen molar-refractivity contribution in [2.75, 3.05) is 32.2 Å². The van der Waals surface area contributed by atoms with Crippen LogP contribution in [0, 0.1) is 11.3 Å². The first-order chi connectivity index (χ1) is 9.60. The van der Waals surface area contributed by atoms with Crippen LogP contribution in [0.15, 0.2) is 24.3 Å². The van der Waals surface area contributed by atoms with Crippen LogP contribution >= 0.6 is 0 Å². The van der Waals surface area contributed by atoms with Crippen molar-refractivity contribution < 1.29 is 9.53 Å². The quantitative estimate of drug-likeness (QED) is 0.767. The molecule has 0 radical (unpaired) electrons. The maximum atomic E-state index is 12.0. The summed E-state index contributed by atoms with van der Waals surface area (Å²) in [6.07, 6.45) is 0.794. The first kappa shape index (κ1) is 16.0. The molecule has 0 spiro atoms. The molecule has 108 valence electrons. The van der Waals surface area contributed by atoms with Gasteiger partial charge in [0.25, 0.3) is 0 Å². The van der Waals surface area contributed by atoms with E-state index in [4.69, 9.17) is 10.00 Å². The van der Waals surface area contributed by atoms with Crippen molar-refractivity contribution in [3.63, 3.8) is 0 Å². The summed E-state index contributed by atoms with van der Waals surface area (Å²) < 4.78 is 4.93. The molecule has 1 amide bonds. The number of rotatable bonds is 7. The fourth-order valence-electron chi connectivity index (χ4n) is 1.77. The SMILES string of the molecule is COCCCNC(=O)C(C)N(C)c1cccc(C#N)c1. The molecule has 1 unspecified atom stereocenters. The second-order valence-corrected chi connectivity index (χ2v) is 4.59. The number of nitrogens with zero attached hydrogens (tertiary/aromatic N) is 2. The lowest BCUT2D eigenvalue weighted by Crippen LogP contribution is -2.43. The van der Waals surface area contributed by atoms with Gasteiger partial charge in [-0.05, 0) is 31.5 Å². The molecule has 0 saturated carbocycles.